The van der Waals surface area contributed by atoms with Gasteiger partial charge >= 0.3 is 0 Å². The van der Waals surface area contributed by atoms with E-state index in [9.17, 15) is 0 Å². The van der Waals surface area contributed by atoms with Gasteiger partial charge in [-0.05, 0) is 34.7 Å². The Bertz CT molecular complexity index is 920. The molecule has 172 valence electrons. The fourth-order valence-corrected chi connectivity index (χ4v) is 3.44. The Kier molecular flexibility index (Phi) is 10.4. The fraction of sp³-hybridized carbons (Fsp3) is 0.250. The summed E-state index contributed by atoms with van der Waals surface area (Å²) in [5.41, 5.74) is 5.46. The number of para-hydroxylation sites is 1. The van der Waals surface area contributed by atoms with Crippen molar-refractivity contribution in [2.24, 2.45) is 0 Å². The largest absolute Gasteiger partial charge is 0.378 e. The van der Waals surface area contributed by atoms with Crippen LogP contribution in [0.15, 0.2) is 121 Å². The van der Waals surface area contributed by atoms with E-state index < -0.39 is 0 Å². The maximum absolute atomic E-state index is 2.26. The summed E-state index contributed by atoms with van der Waals surface area (Å²) in [5, 5.41) is 0. The van der Waals surface area contributed by atoms with Gasteiger partial charge in [0.05, 0.1) is 0 Å². The van der Waals surface area contributed by atoms with Crippen molar-refractivity contribution in [3.63, 3.8) is 0 Å². The molecule has 0 bridgehead atoms. The summed E-state index contributed by atoms with van der Waals surface area (Å²) in [4.78, 5) is 2.08. The molecule has 0 aromatic heterocycles. The summed E-state index contributed by atoms with van der Waals surface area (Å²) in [6, 6.07) is 42.0. The summed E-state index contributed by atoms with van der Waals surface area (Å²) < 4.78 is 0. The maximum atomic E-state index is 2.26. The van der Waals surface area contributed by atoms with Gasteiger partial charge in [0.15, 0.2) is 0 Å². The number of hydrogen-bond acceptors (Lipinski definition) is 1. The predicted octanol–water partition coefficient (Wildman–Crippen LogP) is 8.58. The van der Waals surface area contributed by atoms with Crippen molar-refractivity contribution < 1.29 is 0 Å². The average molecular weight is 438 g/mol. The molecule has 0 aliphatic carbocycles. The molecular formula is C32H39N. The van der Waals surface area contributed by atoms with Crippen molar-refractivity contribution in [2.75, 3.05) is 19.0 Å². The second-order valence-electron chi connectivity index (χ2n) is 9.15. The molecule has 0 atom stereocenters. The highest BCUT2D eigenvalue weighted by Gasteiger charge is 2.21. The first kappa shape index (κ1) is 25.9. The number of benzene rings is 4. The standard InChI is InChI=1S/C15H16.C9H12.C8H11N/c1-15(2,13-9-5-3-6-10-13)14-11-7-4-8-12-14;1-8(2)9-6-4-3-5-7-9;1-9(2)8-6-4-3-5-7-8/h3-12H,1-2H3;3-8H,1-2H3;3-7H,1-2H3. The Hall–Kier alpha value is -3.32. The fourth-order valence-electron chi connectivity index (χ4n) is 3.44. The topological polar surface area (TPSA) is 3.24 Å². The molecule has 0 spiro atoms. The second-order valence-corrected chi connectivity index (χ2v) is 9.15. The molecule has 0 saturated carbocycles. The van der Waals surface area contributed by atoms with Crippen LogP contribution in [0.3, 0.4) is 0 Å². The molecule has 0 N–H and O–H groups in total. The van der Waals surface area contributed by atoms with Crippen molar-refractivity contribution in [1.82, 2.24) is 0 Å². The molecule has 4 rings (SSSR count). The molecule has 33 heavy (non-hydrogen) atoms. The van der Waals surface area contributed by atoms with Gasteiger partial charge in [0, 0.05) is 25.2 Å². The van der Waals surface area contributed by atoms with E-state index in [4.69, 9.17) is 0 Å². The second kappa shape index (κ2) is 13.3. The van der Waals surface area contributed by atoms with Gasteiger partial charge in [-0.1, -0.05) is 137 Å². The van der Waals surface area contributed by atoms with Crippen LogP contribution in [0, 0.1) is 0 Å². The zero-order valence-corrected chi connectivity index (χ0v) is 21.1. The van der Waals surface area contributed by atoms with Crippen LogP contribution in [-0.4, -0.2) is 14.1 Å². The van der Waals surface area contributed by atoms with Crippen molar-refractivity contribution in [3.05, 3.63) is 138 Å². The van der Waals surface area contributed by atoms with Crippen LogP contribution in [0.1, 0.15) is 50.3 Å². The molecular weight excluding hydrogens is 398 g/mol. The smallest absolute Gasteiger partial charge is 0.0360 e. The van der Waals surface area contributed by atoms with E-state index in [0.29, 0.717) is 5.92 Å². The van der Waals surface area contributed by atoms with E-state index in [2.05, 4.69) is 130 Å². The Labute approximate surface area is 201 Å². The van der Waals surface area contributed by atoms with Crippen molar-refractivity contribution in [3.8, 4) is 0 Å². The van der Waals surface area contributed by atoms with E-state index in [1.54, 1.807) is 0 Å². The number of anilines is 1. The molecule has 0 unspecified atom stereocenters. The Morgan fingerprint density at radius 2 is 0.848 bits per heavy atom. The summed E-state index contributed by atoms with van der Waals surface area (Å²) in [5.74, 6) is 0.659. The van der Waals surface area contributed by atoms with Gasteiger partial charge < -0.3 is 4.90 Å². The lowest BCUT2D eigenvalue weighted by molar-refractivity contribution is 0.641. The lowest BCUT2D eigenvalue weighted by atomic mass is 9.78. The normalized spacial score (nSPS) is 10.4. The van der Waals surface area contributed by atoms with Crippen LogP contribution in [0.2, 0.25) is 0 Å². The molecule has 0 fully saturated rings. The van der Waals surface area contributed by atoms with E-state index >= 15 is 0 Å². The van der Waals surface area contributed by atoms with Gasteiger partial charge in [-0.25, -0.2) is 0 Å². The van der Waals surface area contributed by atoms with Gasteiger partial charge in [-0.15, -0.1) is 0 Å². The van der Waals surface area contributed by atoms with Crippen LogP contribution in [-0.2, 0) is 5.41 Å². The predicted molar refractivity (Wildman–Crippen MR) is 146 cm³/mol. The highest BCUT2D eigenvalue weighted by Crippen LogP contribution is 2.30. The molecule has 0 aliphatic heterocycles. The first-order valence-electron chi connectivity index (χ1n) is 11.7. The van der Waals surface area contributed by atoms with E-state index in [-0.39, 0.29) is 5.41 Å². The van der Waals surface area contributed by atoms with Crippen LogP contribution in [0.4, 0.5) is 5.69 Å². The van der Waals surface area contributed by atoms with E-state index in [1.807, 2.05) is 38.4 Å². The van der Waals surface area contributed by atoms with Crippen LogP contribution >= 0.6 is 0 Å². The minimum absolute atomic E-state index is 0.0858. The van der Waals surface area contributed by atoms with Crippen molar-refractivity contribution in [2.45, 2.75) is 39.0 Å². The Balaban J connectivity index is 0.000000186. The minimum Gasteiger partial charge on any atom is -0.378 e. The minimum atomic E-state index is 0.0858. The highest BCUT2D eigenvalue weighted by atomic mass is 15.1. The third kappa shape index (κ3) is 8.61. The SMILES string of the molecule is CC(C)(c1ccccc1)c1ccccc1.CC(C)c1ccccc1.CN(C)c1ccccc1. The number of hydrogen-bond donors (Lipinski definition) is 0. The number of rotatable bonds is 4. The molecule has 0 radical (unpaired) electrons. The van der Waals surface area contributed by atoms with Gasteiger partial charge in [0.2, 0.25) is 0 Å². The maximum Gasteiger partial charge on any atom is 0.0360 e. The highest BCUT2D eigenvalue weighted by molar-refractivity contribution is 5.43. The quantitative estimate of drug-likeness (QED) is 0.309. The summed E-state index contributed by atoms with van der Waals surface area (Å²) in [7, 11) is 4.07. The number of nitrogens with zero attached hydrogens (tertiary/aromatic N) is 1. The Morgan fingerprint density at radius 3 is 1.12 bits per heavy atom. The molecule has 0 saturated heterocycles. The molecule has 0 amide bonds. The molecule has 1 nitrogen and oxygen atoms in total. The monoisotopic (exact) mass is 437 g/mol. The van der Waals surface area contributed by atoms with E-state index in [1.165, 1.54) is 22.4 Å². The van der Waals surface area contributed by atoms with Gasteiger partial charge in [0.1, 0.15) is 0 Å². The average Bonchev–Trinajstić information content (AvgIpc) is 2.87. The first-order valence-corrected chi connectivity index (χ1v) is 11.7. The van der Waals surface area contributed by atoms with Gasteiger partial charge in [-0.2, -0.15) is 0 Å². The zero-order valence-electron chi connectivity index (χ0n) is 21.1. The zero-order chi connectivity index (χ0) is 24.1. The van der Waals surface area contributed by atoms with Crippen molar-refractivity contribution >= 4 is 5.69 Å². The molecule has 1 heteroatoms. The van der Waals surface area contributed by atoms with E-state index in [0.717, 1.165) is 0 Å². The third-order valence-electron chi connectivity index (χ3n) is 5.73. The first-order chi connectivity index (χ1) is 15.8. The van der Waals surface area contributed by atoms with Crippen molar-refractivity contribution in [1.29, 1.82) is 0 Å². The van der Waals surface area contributed by atoms with Crippen LogP contribution < -0.4 is 4.90 Å². The lowest BCUT2D eigenvalue weighted by Gasteiger charge is -2.25. The molecule has 4 aromatic rings. The molecule has 4 aromatic carbocycles. The van der Waals surface area contributed by atoms with Crippen LogP contribution in [0.25, 0.3) is 0 Å². The summed E-state index contributed by atoms with van der Waals surface area (Å²) in [6.07, 6.45) is 0. The van der Waals surface area contributed by atoms with Gasteiger partial charge in [0.25, 0.3) is 0 Å². The molecule has 0 aliphatic rings. The summed E-state index contributed by atoms with van der Waals surface area (Å²) >= 11 is 0. The molecule has 0 heterocycles. The summed E-state index contributed by atoms with van der Waals surface area (Å²) in [6.45, 7) is 8.93. The lowest BCUT2D eigenvalue weighted by Crippen LogP contribution is -2.18. The van der Waals surface area contributed by atoms with Gasteiger partial charge in [-0.3, -0.25) is 0 Å². The Morgan fingerprint density at radius 1 is 0.515 bits per heavy atom. The third-order valence-corrected chi connectivity index (χ3v) is 5.73. The van der Waals surface area contributed by atoms with Crippen LogP contribution in [0.5, 0.6) is 0 Å².